The van der Waals surface area contributed by atoms with Crippen molar-refractivity contribution in [2.75, 3.05) is 80.2 Å². The number of carbonyl (C=O) groups excluding carboxylic acids is 12. The van der Waals surface area contributed by atoms with Gasteiger partial charge in [0.15, 0.2) is 0 Å². The number of hydrogen-bond acceptors (Lipinski definition) is 12. The first-order chi connectivity index (χ1) is 41.2. The number of hydrogen-bond donors (Lipinski definition) is 0. The predicted molar refractivity (Wildman–Crippen MR) is 317 cm³/mol. The Balaban J connectivity index is 1.27. The van der Waals surface area contributed by atoms with E-state index in [2.05, 4.69) is 0 Å². The third-order valence-electron chi connectivity index (χ3n) is 17.1. The first-order valence-electron chi connectivity index (χ1n) is 29.7. The topological polar surface area (TPSA) is 244 Å². The van der Waals surface area contributed by atoms with Crippen LogP contribution in [0, 0.1) is 17.8 Å². The highest BCUT2D eigenvalue weighted by molar-refractivity contribution is 6.09. The summed E-state index contributed by atoms with van der Waals surface area (Å²) in [5.74, 6) is -7.17. The van der Waals surface area contributed by atoms with Gasteiger partial charge in [-0.3, -0.25) is 57.9 Å². The molecule has 0 saturated carbocycles. The van der Waals surface area contributed by atoms with Crippen LogP contribution >= 0.6 is 0 Å². The van der Waals surface area contributed by atoms with Crippen molar-refractivity contribution >= 4 is 71.8 Å². The number of fused-ring (bicyclic) bond motifs is 3. The molecule has 0 unspecified atom stereocenters. The van der Waals surface area contributed by atoms with Crippen LogP contribution in [0.3, 0.4) is 0 Å². The maximum absolute atomic E-state index is 15.8. The first kappa shape index (κ1) is 64.3. The fraction of sp³-hybridized carbons (Fsp3) is 0.524. The lowest BCUT2D eigenvalue weighted by molar-refractivity contribution is -0.157. The Bertz CT molecular complexity index is 3130. The highest BCUT2D eigenvalue weighted by atomic mass is 16.2. The smallest absolute Gasteiger partial charge is 0.328 e. The maximum Gasteiger partial charge on any atom is 0.328 e. The molecule has 0 aromatic heterocycles. The second-order valence-electron chi connectivity index (χ2n) is 25.3. The molecule has 5 fully saturated rings. The molecule has 5 saturated heterocycles. The molecule has 3 aromatic carbocycles. The Morgan fingerprint density at radius 1 is 0.552 bits per heavy atom. The normalized spacial score (nSPS) is 24.0. The van der Waals surface area contributed by atoms with Gasteiger partial charge in [0.25, 0.3) is 5.91 Å². The third-order valence-corrected chi connectivity index (χ3v) is 17.1. The lowest BCUT2D eigenvalue weighted by atomic mass is 9.93. The highest BCUT2D eigenvalue weighted by Crippen LogP contribution is 2.41. The summed E-state index contributed by atoms with van der Waals surface area (Å²) < 4.78 is 0. The summed E-state index contributed by atoms with van der Waals surface area (Å²) in [6.07, 6.45) is -0.957. The molecule has 87 heavy (non-hydrogen) atoms. The van der Waals surface area contributed by atoms with Crippen LogP contribution in [0.25, 0.3) is 0 Å². The standard InChI is InChI=1S/C63H82N12O12/c1-42(2)29-67-36-53(79)74-39-63(58(84)72(61(87)66(63)10)34-47-24-18-13-19-25-47)28-50(74)57(83)68(30-43(3)4)35-52(78)73-38-62(7,65(9)60(86)70(41-76)32-45-20-14-11-15-21-45)27-49(73)56(82)69(31-44(5)6)37-54(80)75-40-64(8)59(85)71(33-46-22-16-12-17-23-46)51(77)26-48(75)55(67)81/h11-25,41-44,48-50H,26-40H2,1-10H3/t48-,49-,50-,62-,63-/m0/s1. The minimum absolute atomic E-state index is 0.0649. The van der Waals surface area contributed by atoms with Crippen LogP contribution < -0.4 is 0 Å². The molecule has 24 nitrogen and oxygen atoms in total. The molecular weight excluding hydrogens is 1120 g/mol. The van der Waals surface area contributed by atoms with Crippen LogP contribution in [-0.2, 0) is 62.8 Å². The molecule has 5 aliphatic heterocycles. The molecule has 5 atom stereocenters. The molecule has 24 heteroatoms. The first-order valence-corrected chi connectivity index (χ1v) is 29.7. The number of imide groups is 3. The summed E-state index contributed by atoms with van der Waals surface area (Å²) in [5.41, 5.74) is -1.30. The number of rotatable bonds is 14. The fourth-order valence-corrected chi connectivity index (χ4v) is 12.6. The van der Waals surface area contributed by atoms with Crippen molar-refractivity contribution in [3.05, 3.63) is 108 Å². The monoisotopic (exact) mass is 1200 g/mol. The molecule has 8 rings (SSSR count). The van der Waals surface area contributed by atoms with Gasteiger partial charge in [0, 0.05) is 60.2 Å². The Kier molecular flexibility index (Phi) is 19.6. The molecule has 0 bridgehead atoms. The Morgan fingerprint density at radius 2 is 0.977 bits per heavy atom. The average molecular weight is 1200 g/mol. The molecular formula is C63H82N12O12. The second-order valence-corrected chi connectivity index (χ2v) is 25.3. The Labute approximate surface area is 508 Å². The summed E-state index contributed by atoms with van der Waals surface area (Å²) in [5, 5.41) is 0. The van der Waals surface area contributed by atoms with Crippen LogP contribution in [0.5, 0.6) is 0 Å². The van der Waals surface area contributed by atoms with Gasteiger partial charge in [-0.05, 0) is 41.4 Å². The van der Waals surface area contributed by atoms with Gasteiger partial charge in [0.2, 0.25) is 47.8 Å². The van der Waals surface area contributed by atoms with E-state index in [0.717, 1.165) is 24.5 Å². The maximum atomic E-state index is 15.8. The van der Waals surface area contributed by atoms with Crippen molar-refractivity contribution in [2.24, 2.45) is 17.8 Å². The van der Waals surface area contributed by atoms with Crippen LogP contribution in [0.1, 0.15) is 84.4 Å². The number of urea groups is 3. The van der Waals surface area contributed by atoms with Crippen molar-refractivity contribution in [1.82, 2.24) is 58.8 Å². The minimum atomic E-state index is -1.81. The van der Waals surface area contributed by atoms with Crippen LogP contribution in [-0.4, -0.2) is 240 Å². The fourth-order valence-electron chi connectivity index (χ4n) is 12.6. The molecule has 466 valence electrons. The van der Waals surface area contributed by atoms with Gasteiger partial charge >= 0.3 is 18.1 Å². The van der Waals surface area contributed by atoms with E-state index < -0.39 is 140 Å². The van der Waals surface area contributed by atoms with Gasteiger partial charge < -0.3 is 44.1 Å². The molecule has 0 N–H and O–H groups in total. The van der Waals surface area contributed by atoms with Gasteiger partial charge in [0.1, 0.15) is 23.7 Å². The van der Waals surface area contributed by atoms with Crippen molar-refractivity contribution in [1.29, 1.82) is 0 Å². The van der Waals surface area contributed by atoms with E-state index in [1.165, 1.54) is 55.4 Å². The quantitative estimate of drug-likeness (QED) is 0.166. The van der Waals surface area contributed by atoms with Crippen molar-refractivity contribution in [2.45, 2.75) is 117 Å². The molecule has 3 aromatic rings. The van der Waals surface area contributed by atoms with Gasteiger partial charge in [-0.15, -0.1) is 0 Å². The minimum Gasteiger partial charge on any atom is -0.331 e. The second kappa shape index (κ2) is 26.5. The lowest BCUT2D eigenvalue weighted by Gasteiger charge is -2.42. The summed E-state index contributed by atoms with van der Waals surface area (Å²) in [6.45, 7) is 8.40. The SMILES string of the molecule is CC(C)CN1CC(=O)N2C[C@@]3(C[C@H]2C(=O)N(CC(C)C)CC(=O)N2C[C@@](C)(N(C)C(=O)N(C=O)Cc4ccccc4)C[C@H]2C(=O)N(CC(C)C)CC(=O)N2CN(C)C(=O)N(Cc4ccccc4)C(=O)C[C@H]2C1=O)C(=O)N(Cc1ccccc1)C(=O)N3C. The largest absolute Gasteiger partial charge is 0.331 e. The van der Waals surface area contributed by atoms with Crippen LogP contribution in [0.2, 0.25) is 0 Å². The zero-order valence-corrected chi connectivity index (χ0v) is 51.6. The molecule has 0 radical (unpaired) electrons. The van der Waals surface area contributed by atoms with Crippen molar-refractivity contribution in [3.8, 4) is 0 Å². The molecule has 5 aliphatic rings. The lowest BCUT2D eigenvalue weighted by Crippen LogP contribution is -2.63. The third kappa shape index (κ3) is 13.6. The van der Waals surface area contributed by atoms with Gasteiger partial charge in [-0.2, -0.15) is 0 Å². The van der Waals surface area contributed by atoms with Crippen molar-refractivity contribution in [3.63, 3.8) is 0 Å². The van der Waals surface area contributed by atoms with E-state index in [0.29, 0.717) is 23.1 Å². The number of nitrogens with zero attached hydrogens (tertiary/aromatic N) is 12. The summed E-state index contributed by atoms with van der Waals surface area (Å²) in [7, 11) is 4.25. The average Bonchev–Trinajstić information content (AvgIpc) is 1.59. The Morgan fingerprint density at radius 3 is 1.45 bits per heavy atom. The summed E-state index contributed by atoms with van der Waals surface area (Å²) >= 11 is 0. The van der Waals surface area contributed by atoms with E-state index in [1.807, 2.05) is 27.7 Å². The molecule has 5 heterocycles. The van der Waals surface area contributed by atoms with Gasteiger partial charge in [-0.25, -0.2) is 14.4 Å². The van der Waals surface area contributed by atoms with Gasteiger partial charge in [-0.1, -0.05) is 133 Å². The van der Waals surface area contributed by atoms with Crippen LogP contribution in [0.4, 0.5) is 14.4 Å². The Hall–Kier alpha value is -8.70. The number of benzene rings is 3. The molecule has 0 aliphatic carbocycles. The van der Waals surface area contributed by atoms with E-state index in [-0.39, 0.29) is 70.0 Å². The zero-order chi connectivity index (χ0) is 63.4. The number of amides is 15. The summed E-state index contributed by atoms with van der Waals surface area (Å²) in [4.78, 5) is 194. The van der Waals surface area contributed by atoms with E-state index in [9.17, 15) is 24.0 Å². The molecule has 15 amide bonds. The number of carbonyl (C=O) groups is 12. The van der Waals surface area contributed by atoms with Crippen molar-refractivity contribution < 1.29 is 57.5 Å². The zero-order valence-electron chi connectivity index (χ0n) is 51.6. The highest BCUT2D eigenvalue weighted by Gasteiger charge is 2.64. The molecule has 1 spiro atoms. The number of likely N-dealkylation sites (N-methyl/N-ethyl adjacent to an activating group) is 2. The van der Waals surface area contributed by atoms with Crippen LogP contribution in [0.15, 0.2) is 91.0 Å². The summed E-state index contributed by atoms with van der Waals surface area (Å²) in [6, 6.07) is 19.5. The van der Waals surface area contributed by atoms with E-state index >= 15 is 33.6 Å². The van der Waals surface area contributed by atoms with E-state index in [1.54, 1.807) is 112 Å². The van der Waals surface area contributed by atoms with Gasteiger partial charge in [0.05, 0.1) is 64.4 Å². The van der Waals surface area contributed by atoms with E-state index in [4.69, 9.17) is 0 Å². The predicted octanol–water partition coefficient (Wildman–Crippen LogP) is 3.60.